The van der Waals surface area contributed by atoms with Crippen molar-refractivity contribution < 1.29 is 23.6 Å². The van der Waals surface area contributed by atoms with Crippen molar-refractivity contribution in [2.24, 2.45) is 5.92 Å². The standard InChI is InChI=1S/C25H33N5O5/c1-25(2,3)26-23(31)34-19-11-17(12-19)13-21-27-28-22(35-21)20-10-9-18-14-29(20)24(32)30(18)33-15-16-7-5-4-6-8-16/h4-8,17-20H,9-15H2,1-3H3,(H,26,31)/t17?,18-,19?,20+/m1/s1. The van der Waals surface area contributed by atoms with E-state index in [9.17, 15) is 9.59 Å². The average Bonchev–Trinajstić information content (AvgIpc) is 3.34. The van der Waals surface area contributed by atoms with Gasteiger partial charge in [0.1, 0.15) is 18.8 Å². The first-order valence-electron chi connectivity index (χ1n) is 12.3. The maximum Gasteiger partial charge on any atom is 0.407 e. The molecule has 1 aromatic carbocycles. The minimum absolute atomic E-state index is 0.0345. The van der Waals surface area contributed by atoms with Crippen LogP contribution in [-0.4, -0.2) is 56.5 Å². The Labute approximate surface area is 204 Å². The monoisotopic (exact) mass is 483 g/mol. The summed E-state index contributed by atoms with van der Waals surface area (Å²) in [6.07, 6.45) is 3.31. The number of aromatic nitrogens is 2. The molecule has 10 nitrogen and oxygen atoms in total. The first-order valence-corrected chi connectivity index (χ1v) is 12.3. The van der Waals surface area contributed by atoms with E-state index in [2.05, 4.69) is 15.5 Å². The molecule has 35 heavy (non-hydrogen) atoms. The van der Waals surface area contributed by atoms with Gasteiger partial charge in [-0.3, -0.25) is 4.84 Å². The lowest BCUT2D eigenvalue weighted by molar-refractivity contribution is -0.140. The minimum atomic E-state index is -0.381. The third-order valence-electron chi connectivity index (χ3n) is 6.71. The van der Waals surface area contributed by atoms with Gasteiger partial charge in [-0.1, -0.05) is 30.3 Å². The normalized spacial score (nSPS) is 26.0. The van der Waals surface area contributed by atoms with Crippen molar-refractivity contribution >= 4 is 12.1 Å². The zero-order valence-electron chi connectivity index (χ0n) is 20.5. The van der Waals surface area contributed by atoms with Gasteiger partial charge in [0.25, 0.3) is 0 Å². The van der Waals surface area contributed by atoms with E-state index >= 15 is 0 Å². The highest BCUT2D eigenvalue weighted by Gasteiger charge is 2.48. The molecule has 3 aliphatic rings. The molecule has 1 aromatic heterocycles. The highest BCUT2D eigenvalue weighted by molar-refractivity contribution is 5.77. The number of alkyl carbamates (subject to hydrolysis) is 1. The van der Waals surface area contributed by atoms with Gasteiger partial charge < -0.3 is 19.4 Å². The number of carbonyl (C=O) groups is 2. The molecule has 2 atom stereocenters. The zero-order chi connectivity index (χ0) is 24.6. The van der Waals surface area contributed by atoms with Crippen LogP contribution in [0.2, 0.25) is 0 Å². The van der Waals surface area contributed by atoms with Gasteiger partial charge in [0.2, 0.25) is 11.8 Å². The molecule has 3 amide bonds. The van der Waals surface area contributed by atoms with Crippen LogP contribution in [0.25, 0.3) is 0 Å². The average molecular weight is 484 g/mol. The fourth-order valence-corrected chi connectivity index (χ4v) is 4.93. The van der Waals surface area contributed by atoms with E-state index in [1.54, 1.807) is 4.90 Å². The molecule has 2 bridgehead atoms. The van der Waals surface area contributed by atoms with Crippen molar-refractivity contribution in [3.05, 3.63) is 47.7 Å². The number of hydrogen-bond donors (Lipinski definition) is 1. The van der Waals surface area contributed by atoms with Crippen molar-refractivity contribution in [1.29, 1.82) is 0 Å². The van der Waals surface area contributed by atoms with E-state index in [0.717, 1.165) is 31.2 Å². The number of carbonyl (C=O) groups excluding carboxylic acids is 2. The summed E-state index contributed by atoms with van der Waals surface area (Å²) in [7, 11) is 0. The molecule has 1 saturated carbocycles. The summed E-state index contributed by atoms with van der Waals surface area (Å²) in [5.74, 6) is 1.38. The van der Waals surface area contributed by atoms with Crippen LogP contribution in [0.3, 0.4) is 0 Å². The number of nitrogens with one attached hydrogen (secondary N) is 1. The molecule has 0 radical (unpaired) electrons. The summed E-state index contributed by atoms with van der Waals surface area (Å²) < 4.78 is 11.4. The predicted octanol–water partition coefficient (Wildman–Crippen LogP) is 3.99. The van der Waals surface area contributed by atoms with Crippen LogP contribution in [-0.2, 0) is 22.6 Å². The Kier molecular flexibility index (Phi) is 6.39. The second kappa shape index (κ2) is 9.49. The molecule has 0 spiro atoms. The van der Waals surface area contributed by atoms with Gasteiger partial charge in [-0.15, -0.1) is 10.2 Å². The molecule has 2 aliphatic heterocycles. The number of ether oxygens (including phenoxy) is 1. The molecule has 1 N–H and O–H groups in total. The van der Waals surface area contributed by atoms with Crippen LogP contribution in [0.1, 0.15) is 69.8 Å². The molecule has 188 valence electrons. The Morgan fingerprint density at radius 3 is 2.69 bits per heavy atom. The van der Waals surface area contributed by atoms with E-state index in [-0.39, 0.29) is 35.9 Å². The minimum Gasteiger partial charge on any atom is -0.446 e. The Balaban J connectivity index is 1.11. The molecule has 1 aliphatic carbocycles. The maximum absolute atomic E-state index is 13.0. The van der Waals surface area contributed by atoms with E-state index in [4.69, 9.17) is 14.0 Å². The van der Waals surface area contributed by atoms with Gasteiger partial charge in [-0.25, -0.2) is 9.59 Å². The molecule has 3 fully saturated rings. The number of benzene rings is 1. The number of fused-ring (bicyclic) bond motifs is 2. The van der Waals surface area contributed by atoms with Crippen LogP contribution >= 0.6 is 0 Å². The van der Waals surface area contributed by atoms with Crippen LogP contribution in [0.4, 0.5) is 9.59 Å². The molecule has 10 heteroatoms. The summed E-state index contributed by atoms with van der Waals surface area (Å²) in [5.41, 5.74) is 0.703. The molecular formula is C25H33N5O5. The van der Waals surface area contributed by atoms with Gasteiger partial charge in [0, 0.05) is 18.5 Å². The van der Waals surface area contributed by atoms with Crippen molar-refractivity contribution in [3.8, 4) is 0 Å². The van der Waals surface area contributed by atoms with E-state index in [1.807, 2.05) is 51.1 Å². The number of nitrogens with zero attached hydrogens (tertiary/aromatic N) is 4. The van der Waals surface area contributed by atoms with Gasteiger partial charge in [0.05, 0.1) is 6.04 Å². The summed E-state index contributed by atoms with van der Waals surface area (Å²) >= 11 is 0. The Morgan fingerprint density at radius 2 is 1.94 bits per heavy atom. The lowest BCUT2D eigenvalue weighted by atomic mass is 9.80. The highest BCUT2D eigenvalue weighted by Crippen LogP contribution is 2.39. The fraction of sp³-hybridized carbons (Fsp3) is 0.600. The lowest BCUT2D eigenvalue weighted by Gasteiger charge is -2.34. The largest absolute Gasteiger partial charge is 0.446 e. The van der Waals surface area contributed by atoms with Crippen molar-refractivity contribution in [3.63, 3.8) is 0 Å². The highest BCUT2D eigenvalue weighted by atomic mass is 16.7. The van der Waals surface area contributed by atoms with Crippen molar-refractivity contribution in [2.45, 2.75) is 83.2 Å². The number of rotatable bonds is 7. The van der Waals surface area contributed by atoms with Crippen molar-refractivity contribution in [1.82, 2.24) is 25.5 Å². The molecule has 5 rings (SSSR count). The van der Waals surface area contributed by atoms with Gasteiger partial charge in [-0.05, 0) is 57.9 Å². The molecule has 0 unspecified atom stereocenters. The van der Waals surface area contributed by atoms with Crippen LogP contribution in [0.15, 0.2) is 34.7 Å². The summed E-state index contributed by atoms with van der Waals surface area (Å²) in [6.45, 7) is 6.71. The third-order valence-corrected chi connectivity index (χ3v) is 6.71. The summed E-state index contributed by atoms with van der Waals surface area (Å²) in [5, 5.41) is 12.8. The maximum atomic E-state index is 13.0. The second-order valence-electron chi connectivity index (χ2n) is 10.7. The third kappa shape index (κ3) is 5.42. The number of hydroxylamine groups is 2. The van der Waals surface area contributed by atoms with Gasteiger partial charge >= 0.3 is 12.1 Å². The summed E-state index contributed by atoms with van der Waals surface area (Å²) in [4.78, 5) is 32.6. The number of hydrogen-bond acceptors (Lipinski definition) is 7. The SMILES string of the molecule is CC(C)(C)NC(=O)OC1CC(Cc2nnc([C@@H]3CC[C@@H]4CN3C(=O)N4OCc3ccccc3)o2)C1. The van der Waals surface area contributed by atoms with Gasteiger partial charge in [0.15, 0.2) is 0 Å². The predicted molar refractivity (Wildman–Crippen MR) is 125 cm³/mol. The number of urea groups is 1. The fourth-order valence-electron chi connectivity index (χ4n) is 4.93. The van der Waals surface area contributed by atoms with Crippen LogP contribution < -0.4 is 5.32 Å². The lowest BCUT2D eigenvalue weighted by Crippen LogP contribution is -2.44. The Bertz CT molecular complexity index is 1050. The van der Waals surface area contributed by atoms with Crippen molar-refractivity contribution in [2.75, 3.05) is 6.54 Å². The summed E-state index contributed by atoms with van der Waals surface area (Å²) in [6, 6.07) is 9.47. The Hall–Kier alpha value is -3.14. The number of piperidine rings is 1. The first-order chi connectivity index (χ1) is 16.7. The smallest absolute Gasteiger partial charge is 0.407 e. The first kappa shape index (κ1) is 23.6. The van der Waals surface area contributed by atoms with Gasteiger partial charge in [-0.2, -0.15) is 5.06 Å². The number of amides is 3. The Morgan fingerprint density at radius 1 is 1.17 bits per heavy atom. The van der Waals surface area contributed by atoms with E-state index < -0.39 is 0 Å². The molecule has 2 saturated heterocycles. The van der Waals surface area contributed by atoms with Crippen LogP contribution in [0, 0.1) is 5.92 Å². The van der Waals surface area contributed by atoms with Crippen LogP contribution in [0.5, 0.6) is 0 Å². The molecular weight excluding hydrogens is 450 g/mol. The molecule has 2 aromatic rings. The van der Waals surface area contributed by atoms with E-state index in [0.29, 0.717) is 37.3 Å². The molecule has 3 heterocycles. The quantitative estimate of drug-likeness (QED) is 0.634. The second-order valence-corrected chi connectivity index (χ2v) is 10.7. The topological polar surface area (TPSA) is 110 Å². The zero-order valence-corrected chi connectivity index (χ0v) is 20.5. The van der Waals surface area contributed by atoms with E-state index in [1.165, 1.54) is 5.06 Å².